The van der Waals surface area contributed by atoms with Crippen molar-refractivity contribution in [2.45, 2.75) is 32.7 Å². The zero-order valence-corrected chi connectivity index (χ0v) is 17.5. The van der Waals surface area contributed by atoms with Gasteiger partial charge in [-0.3, -0.25) is 9.69 Å². The van der Waals surface area contributed by atoms with Crippen LogP contribution in [0.2, 0.25) is 0 Å². The standard InChI is InChI=1S/C23H25FN2O2S/c1-15-9-11-26(12-10-15)21(17-6-3-4-7-19(17)24)18-14-16(2)29-23(18)25-22(27)20-8-5-13-28-20/h3-8,13-15,21H,9-12H2,1-2H3,(H,25,27)/t21-/m1/s1. The second-order valence-corrected chi connectivity index (χ2v) is 8.97. The van der Waals surface area contributed by atoms with Gasteiger partial charge >= 0.3 is 0 Å². The van der Waals surface area contributed by atoms with Crippen molar-refractivity contribution in [3.05, 3.63) is 76.3 Å². The Bertz CT molecular complexity index is 975. The van der Waals surface area contributed by atoms with Gasteiger partial charge in [0.2, 0.25) is 0 Å². The smallest absolute Gasteiger partial charge is 0.291 e. The Morgan fingerprint density at radius 1 is 1.21 bits per heavy atom. The van der Waals surface area contributed by atoms with Crippen LogP contribution in [-0.2, 0) is 0 Å². The third kappa shape index (κ3) is 4.28. The highest BCUT2D eigenvalue weighted by Crippen LogP contribution is 2.41. The number of rotatable bonds is 5. The van der Waals surface area contributed by atoms with Gasteiger partial charge in [0.25, 0.3) is 5.91 Å². The Balaban J connectivity index is 1.73. The van der Waals surface area contributed by atoms with Gasteiger partial charge in [0.15, 0.2) is 5.76 Å². The molecule has 0 aliphatic carbocycles. The van der Waals surface area contributed by atoms with Crippen molar-refractivity contribution in [2.75, 3.05) is 18.4 Å². The van der Waals surface area contributed by atoms with Crippen LogP contribution >= 0.6 is 11.3 Å². The molecule has 1 aliphatic heterocycles. The van der Waals surface area contributed by atoms with Crippen LogP contribution in [0.25, 0.3) is 0 Å². The summed E-state index contributed by atoms with van der Waals surface area (Å²) in [5.41, 5.74) is 1.58. The second-order valence-electron chi connectivity index (χ2n) is 7.72. The summed E-state index contributed by atoms with van der Waals surface area (Å²) in [6, 6.07) is 12.1. The molecule has 3 heterocycles. The third-order valence-electron chi connectivity index (χ3n) is 5.53. The predicted molar refractivity (Wildman–Crippen MR) is 114 cm³/mol. The van der Waals surface area contributed by atoms with E-state index in [0.29, 0.717) is 11.5 Å². The Hall–Kier alpha value is -2.44. The molecule has 152 valence electrons. The maximum absolute atomic E-state index is 14.9. The van der Waals surface area contributed by atoms with Gasteiger partial charge in [-0.2, -0.15) is 0 Å². The molecule has 1 atom stereocenters. The van der Waals surface area contributed by atoms with Crippen LogP contribution in [0.3, 0.4) is 0 Å². The largest absolute Gasteiger partial charge is 0.459 e. The van der Waals surface area contributed by atoms with Gasteiger partial charge in [0, 0.05) is 16.0 Å². The van der Waals surface area contributed by atoms with Gasteiger partial charge in [0.1, 0.15) is 10.8 Å². The van der Waals surface area contributed by atoms with Gasteiger partial charge in [-0.1, -0.05) is 25.1 Å². The number of nitrogens with one attached hydrogen (secondary N) is 1. The molecule has 6 heteroatoms. The van der Waals surface area contributed by atoms with E-state index < -0.39 is 0 Å². The van der Waals surface area contributed by atoms with Crippen molar-refractivity contribution in [2.24, 2.45) is 5.92 Å². The van der Waals surface area contributed by atoms with E-state index in [1.165, 1.54) is 23.7 Å². The second kappa shape index (κ2) is 8.51. The summed E-state index contributed by atoms with van der Waals surface area (Å²) in [6.45, 7) is 6.08. The van der Waals surface area contributed by atoms with E-state index >= 15 is 0 Å². The molecular weight excluding hydrogens is 387 g/mol. The fraction of sp³-hybridized carbons (Fsp3) is 0.348. The molecule has 29 heavy (non-hydrogen) atoms. The third-order valence-corrected chi connectivity index (χ3v) is 6.52. The number of halogens is 1. The first-order chi connectivity index (χ1) is 14.0. The molecule has 3 aromatic rings. The number of amides is 1. The highest BCUT2D eigenvalue weighted by molar-refractivity contribution is 7.16. The molecule has 1 N–H and O–H groups in total. The van der Waals surface area contributed by atoms with Crippen LogP contribution < -0.4 is 5.32 Å². The normalized spacial score (nSPS) is 16.7. The summed E-state index contributed by atoms with van der Waals surface area (Å²) in [6.07, 6.45) is 3.65. The van der Waals surface area contributed by atoms with Crippen LogP contribution in [0.15, 0.2) is 53.1 Å². The van der Waals surface area contributed by atoms with Crippen LogP contribution in [0.4, 0.5) is 9.39 Å². The van der Waals surface area contributed by atoms with Gasteiger partial charge in [-0.15, -0.1) is 11.3 Å². The van der Waals surface area contributed by atoms with Crippen LogP contribution in [0.5, 0.6) is 0 Å². The van der Waals surface area contributed by atoms with E-state index in [4.69, 9.17) is 4.42 Å². The molecule has 4 nitrogen and oxygen atoms in total. The topological polar surface area (TPSA) is 45.5 Å². The van der Waals surface area contributed by atoms with Crippen LogP contribution in [0, 0.1) is 18.7 Å². The number of anilines is 1. The van der Waals surface area contributed by atoms with Crippen molar-refractivity contribution in [1.29, 1.82) is 0 Å². The predicted octanol–water partition coefficient (Wildman–Crippen LogP) is 5.86. The number of aryl methyl sites for hydroxylation is 1. The molecule has 0 bridgehead atoms. The van der Waals surface area contributed by atoms with E-state index in [1.54, 1.807) is 18.2 Å². The first kappa shape index (κ1) is 19.9. The molecule has 1 aromatic carbocycles. The highest BCUT2D eigenvalue weighted by atomic mass is 32.1. The van der Waals surface area contributed by atoms with Crippen molar-refractivity contribution in [3.8, 4) is 0 Å². The van der Waals surface area contributed by atoms with Crippen LogP contribution in [0.1, 0.15) is 52.4 Å². The fourth-order valence-corrected chi connectivity index (χ4v) is 4.89. The molecule has 0 spiro atoms. The lowest BCUT2D eigenvalue weighted by atomic mass is 9.92. The lowest BCUT2D eigenvalue weighted by Crippen LogP contribution is -2.37. The summed E-state index contributed by atoms with van der Waals surface area (Å²) in [5.74, 6) is 0.423. The molecule has 1 saturated heterocycles. The first-order valence-electron chi connectivity index (χ1n) is 9.96. The SMILES string of the molecule is Cc1cc([C@@H](c2ccccc2F)N2CCC(C)CC2)c(NC(=O)c2ccco2)s1. The minimum atomic E-state index is -0.294. The van der Waals surface area contributed by atoms with Gasteiger partial charge < -0.3 is 9.73 Å². The Kier molecular flexibility index (Phi) is 5.83. The quantitative estimate of drug-likeness (QED) is 0.571. The van der Waals surface area contributed by atoms with E-state index in [9.17, 15) is 9.18 Å². The zero-order valence-electron chi connectivity index (χ0n) is 16.7. The fourth-order valence-electron chi connectivity index (χ4n) is 3.95. The van der Waals surface area contributed by atoms with Crippen molar-refractivity contribution >= 4 is 22.2 Å². The minimum Gasteiger partial charge on any atom is -0.459 e. The van der Waals surface area contributed by atoms with Crippen LogP contribution in [-0.4, -0.2) is 23.9 Å². The number of hydrogen-bond acceptors (Lipinski definition) is 4. The Morgan fingerprint density at radius 3 is 2.66 bits per heavy atom. The molecule has 1 fully saturated rings. The molecule has 1 amide bonds. The first-order valence-corrected chi connectivity index (χ1v) is 10.8. The van der Waals surface area contributed by atoms with E-state index in [0.717, 1.165) is 41.4 Å². The Morgan fingerprint density at radius 2 is 1.97 bits per heavy atom. The maximum Gasteiger partial charge on any atom is 0.291 e. The lowest BCUT2D eigenvalue weighted by Gasteiger charge is -2.37. The Labute approximate surface area is 174 Å². The summed E-state index contributed by atoms with van der Waals surface area (Å²) < 4.78 is 20.1. The molecule has 4 rings (SSSR count). The summed E-state index contributed by atoms with van der Waals surface area (Å²) in [7, 11) is 0. The molecule has 0 radical (unpaired) electrons. The van der Waals surface area contributed by atoms with Gasteiger partial charge in [0.05, 0.1) is 12.3 Å². The molecule has 2 aromatic heterocycles. The number of likely N-dealkylation sites (tertiary alicyclic amines) is 1. The zero-order chi connectivity index (χ0) is 20.4. The monoisotopic (exact) mass is 412 g/mol. The molecular formula is C23H25FN2O2S. The highest BCUT2D eigenvalue weighted by Gasteiger charge is 2.31. The maximum atomic E-state index is 14.9. The number of piperidine rings is 1. The number of carbonyl (C=O) groups is 1. The number of carbonyl (C=O) groups excluding carboxylic acids is 1. The van der Waals surface area contributed by atoms with Gasteiger partial charge in [-0.05, 0) is 63.0 Å². The number of benzene rings is 1. The average Bonchev–Trinajstić information content (AvgIpc) is 3.35. The minimum absolute atomic E-state index is 0.219. The number of furan rings is 1. The average molecular weight is 413 g/mol. The molecule has 1 aliphatic rings. The molecule has 0 saturated carbocycles. The van der Waals surface area contributed by atoms with Gasteiger partial charge in [-0.25, -0.2) is 4.39 Å². The number of thiophene rings is 1. The van der Waals surface area contributed by atoms with E-state index in [1.807, 2.05) is 19.1 Å². The summed E-state index contributed by atoms with van der Waals surface area (Å²) >= 11 is 1.51. The van der Waals surface area contributed by atoms with E-state index in [-0.39, 0.29) is 23.5 Å². The van der Waals surface area contributed by atoms with Crippen molar-refractivity contribution in [3.63, 3.8) is 0 Å². The van der Waals surface area contributed by atoms with Crippen molar-refractivity contribution < 1.29 is 13.6 Å². The summed E-state index contributed by atoms with van der Waals surface area (Å²) in [4.78, 5) is 16.0. The molecule has 0 unspecified atom stereocenters. The lowest BCUT2D eigenvalue weighted by molar-refractivity contribution is 0.0996. The van der Waals surface area contributed by atoms with Crippen molar-refractivity contribution in [1.82, 2.24) is 4.90 Å². The number of nitrogens with zero attached hydrogens (tertiary/aromatic N) is 1. The van der Waals surface area contributed by atoms with E-state index in [2.05, 4.69) is 23.2 Å². The summed E-state index contributed by atoms with van der Waals surface area (Å²) in [5, 5.41) is 3.73. The number of hydrogen-bond donors (Lipinski definition) is 1.